The molecule has 0 aliphatic heterocycles. The second-order valence-electron chi connectivity index (χ2n) is 4.47. The molecular formula is C10H22N2O2S. The van der Waals surface area contributed by atoms with E-state index in [0.717, 1.165) is 6.42 Å². The second kappa shape index (κ2) is 6.95. The van der Waals surface area contributed by atoms with Gasteiger partial charge in [0.1, 0.15) is 0 Å². The van der Waals surface area contributed by atoms with E-state index in [-0.39, 0.29) is 11.4 Å². The molecule has 0 aromatic heterocycles. The van der Waals surface area contributed by atoms with Crippen LogP contribution >= 0.6 is 0 Å². The first kappa shape index (κ1) is 14.6. The average molecular weight is 234 g/mol. The molecule has 3 N–H and O–H groups in total. The van der Waals surface area contributed by atoms with E-state index < -0.39 is 10.8 Å². The molecular weight excluding hydrogens is 212 g/mol. The maximum absolute atomic E-state index is 11.3. The summed E-state index contributed by atoms with van der Waals surface area (Å²) in [6, 6.07) is 0. The molecule has 1 unspecified atom stereocenters. The molecule has 1 amide bonds. The summed E-state index contributed by atoms with van der Waals surface area (Å²) in [4.78, 5) is 11.3. The molecule has 1 atom stereocenters. The number of carbonyl (C=O) groups is 1. The number of nitrogens with two attached hydrogens (primary N) is 1. The van der Waals surface area contributed by atoms with Crippen molar-refractivity contribution in [2.24, 2.45) is 5.73 Å². The van der Waals surface area contributed by atoms with Gasteiger partial charge in [0.15, 0.2) is 0 Å². The van der Waals surface area contributed by atoms with Gasteiger partial charge in [0.2, 0.25) is 5.91 Å². The first-order chi connectivity index (χ1) is 6.81. The van der Waals surface area contributed by atoms with Gasteiger partial charge in [-0.15, -0.1) is 0 Å². The summed E-state index contributed by atoms with van der Waals surface area (Å²) >= 11 is 0. The van der Waals surface area contributed by atoms with Crippen LogP contribution in [0, 0.1) is 0 Å². The van der Waals surface area contributed by atoms with Crippen LogP contribution in [0.15, 0.2) is 0 Å². The maximum atomic E-state index is 11.3. The minimum absolute atomic E-state index is 0.0235. The van der Waals surface area contributed by atoms with E-state index in [1.54, 1.807) is 6.26 Å². The quantitative estimate of drug-likeness (QED) is 0.626. The largest absolute Gasteiger partial charge is 0.356 e. The van der Waals surface area contributed by atoms with Crippen LogP contribution < -0.4 is 11.1 Å². The third-order valence-corrected chi connectivity index (χ3v) is 2.79. The molecule has 90 valence electrons. The highest BCUT2D eigenvalue weighted by molar-refractivity contribution is 7.84. The summed E-state index contributed by atoms with van der Waals surface area (Å²) in [5, 5.41) is 2.78. The number of amides is 1. The lowest BCUT2D eigenvalue weighted by Gasteiger charge is -2.17. The normalized spacial score (nSPS) is 13.6. The topological polar surface area (TPSA) is 72.2 Å². The smallest absolute Gasteiger partial charge is 0.220 e. The minimum Gasteiger partial charge on any atom is -0.356 e. The fraction of sp³-hybridized carbons (Fsp3) is 0.900. The van der Waals surface area contributed by atoms with Gasteiger partial charge in [0.25, 0.3) is 0 Å². The van der Waals surface area contributed by atoms with Crippen molar-refractivity contribution in [1.29, 1.82) is 0 Å². The van der Waals surface area contributed by atoms with E-state index in [1.165, 1.54) is 0 Å². The van der Waals surface area contributed by atoms with Crippen molar-refractivity contribution >= 4 is 16.7 Å². The number of hydrogen-bond donors (Lipinski definition) is 2. The Hall–Kier alpha value is -0.420. The molecule has 0 fully saturated rings. The third-order valence-electron chi connectivity index (χ3n) is 1.93. The lowest BCUT2D eigenvalue weighted by Crippen LogP contribution is -2.34. The zero-order chi connectivity index (χ0) is 11.9. The van der Waals surface area contributed by atoms with Gasteiger partial charge in [-0.3, -0.25) is 9.00 Å². The molecule has 5 heteroatoms. The molecule has 0 heterocycles. The standard InChI is InChI=1S/C10H22N2O2S/c1-10(2,11)6-5-9(13)12-7-4-8-15(3)14/h4-8,11H2,1-3H3,(H,12,13). The fourth-order valence-corrected chi connectivity index (χ4v) is 1.58. The molecule has 0 bridgehead atoms. The first-order valence-corrected chi connectivity index (χ1v) is 6.89. The van der Waals surface area contributed by atoms with Gasteiger partial charge in [-0.05, 0) is 26.7 Å². The highest BCUT2D eigenvalue weighted by atomic mass is 32.2. The second-order valence-corrected chi connectivity index (χ2v) is 6.02. The SMILES string of the molecule is CS(=O)CCCNC(=O)CCC(C)(C)N. The Bertz CT molecular complexity index is 224. The highest BCUT2D eigenvalue weighted by Gasteiger charge is 2.12. The monoisotopic (exact) mass is 234 g/mol. The van der Waals surface area contributed by atoms with Crippen molar-refractivity contribution in [2.45, 2.75) is 38.6 Å². The Kier molecular flexibility index (Phi) is 6.76. The summed E-state index contributed by atoms with van der Waals surface area (Å²) in [5.41, 5.74) is 5.47. The lowest BCUT2D eigenvalue weighted by molar-refractivity contribution is -0.121. The summed E-state index contributed by atoms with van der Waals surface area (Å²) in [7, 11) is -0.769. The van der Waals surface area contributed by atoms with Crippen LogP contribution in [-0.4, -0.2) is 34.2 Å². The fourth-order valence-electron chi connectivity index (χ4n) is 1.03. The zero-order valence-electron chi connectivity index (χ0n) is 9.84. The van der Waals surface area contributed by atoms with Crippen LogP contribution in [0.5, 0.6) is 0 Å². The molecule has 4 nitrogen and oxygen atoms in total. The van der Waals surface area contributed by atoms with Crippen LogP contribution in [0.2, 0.25) is 0 Å². The van der Waals surface area contributed by atoms with E-state index in [1.807, 2.05) is 13.8 Å². The number of carbonyl (C=O) groups excluding carboxylic acids is 1. The summed E-state index contributed by atoms with van der Waals surface area (Å²) < 4.78 is 10.7. The predicted octanol–water partition coefficient (Wildman–Crippen LogP) is 0.389. The molecule has 0 aromatic rings. The molecule has 0 spiro atoms. The van der Waals surface area contributed by atoms with Crippen molar-refractivity contribution in [3.05, 3.63) is 0 Å². The van der Waals surface area contributed by atoms with Crippen LogP contribution in [-0.2, 0) is 15.6 Å². The zero-order valence-corrected chi connectivity index (χ0v) is 10.7. The van der Waals surface area contributed by atoms with Gasteiger partial charge in [-0.2, -0.15) is 0 Å². The van der Waals surface area contributed by atoms with Gasteiger partial charge >= 0.3 is 0 Å². The Balaban J connectivity index is 3.46. The van der Waals surface area contributed by atoms with Gasteiger partial charge in [0.05, 0.1) is 0 Å². The Labute approximate surface area is 94.4 Å². The van der Waals surface area contributed by atoms with Gasteiger partial charge in [-0.25, -0.2) is 0 Å². The molecule has 0 rings (SSSR count). The third kappa shape index (κ3) is 11.5. The number of rotatable bonds is 7. The molecule has 0 aliphatic carbocycles. The molecule has 15 heavy (non-hydrogen) atoms. The van der Waals surface area contributed by atoms with Crippen molar-refractivity contribution in [3.8, 4) is 0 Å². The molecule has 0 aliphatic rings. The molecule has 0 aromatic carbocycles. The van der Waals surface area contributed by atoms with E-state index in [4.69, 9.17) is 5.73 Å². The van der Waals surface area contributed by atoms with Crippen LogP contribution in [0.4, 0.5) is 0 Å². The van der Waals surface area contributed by atoms with Crippen molar-refractivity contribution < 1.29 is 9.00 Å². The van der Waals surface area contributed by atoms with E-state index in [9.17, 15) is 9.00 Å². The Morgan fingerprint density at radius 3 is 2.53 bits per heavy atom. The van der Waals surface area contributed by atoms with Crippen LogP contribution in [0.1, 0.15) is 33.1 Å². The van der Waals surface area contributed by atoms with E-state index in [2.05, 4.69) is 5.32 Å². The average Bonchev–Trinajstić information content (AvgIpc) is 2.07. The first-order valence-electron chi connectivity index (χ1n) is 5.17. The Morgan fingerprint density at radius 1 is 1.47 bits per heavy atom. The number of hydrogen-bond acceptors (Lipinski definition) is 3. The van der Waals surface area contributed by atoms with Gasteiger partial charge in [-0.1, -0.05) is 0 Å². The van der Waals surface area contributed by atoms with Crippen molar-refractivity contribution in [2.75, 3.05) is 18.6 Å². The summed E-state index contributed by atoms with van der Waals surface area (Å²) in [6.07, 6.45) is 3.57. The van der Waals surface area contributed by atoms with Crippen molar-refractivity contribution in [1.82, 2.24) is 5.32 Å². The lowest BCUT2D eigenvalue weighted by atomic mass is 10.00. The van der Waals surface area contributed by atoms with Crippen LogP contribution in [0.3, 0.4) is 0 Å². The Morgan fingerprint density at radius 2 is 2.07 bits per heavy atom. The molecule has 0 saturated heterocycles. The number of nitrogens with one attached hydrogen (secondary N) is 1. The van der Waals surface area contributed by atoms with Gasteiger partial charge in [0, 0.05) is 41.3 Å². The minimum atomic E-state index is -0.769. The summed E-state index contributed by atoms with van der Waals surface area (Å²) in [5.74, 6) is 0.665. The highest BCUT2D eigenvalue weighted by Crippen LogP contribution is 2.06. The van der Waals surface area contributed by atoms with Crippen LogP contribution in [0.25, 0.3) is 0 Å². The predicted molar refractivity (Wildman–Crippen MR) is 64.1 cm³/mol. The molecule has 0 saturated carbocycles. The van der Waals surface area contributed by atoms with Gasteiger partial charge < -0.3 is 11.1 Å². The molecule has 0 radical (unpaired) electrons. The summed E-state index contributed by atoms with van der Waals surface area (Å²) in [6.45, 7) is 4.41. The van der Waals surface area contributed by atoms with E-state index >= 15 is 0 Å². The van der Waals surface area contributed by atoms with E-state index in [0.29, 0.717) is 25.1 Å². The maximum Gasteiger partial charge on any atom is 0.220 e. The van der Waals surface area contributed by atoms with Crippen molar-refractivity contribution in [3.63, 3.8) is 0 Å².